The molecule has 1 amide bonds. The molecular weight excluding hydrogens is 310 g/mol. The Bertz CT molecular complexity index is 545. The maximum atomic E-state index is 12.5. The van der Waals surface area contributed by atoms with Gasteiger partial charge in [-0.2, -0.15) is 0 Å². The molecule has 1 N–H and O–H groups in total. The largest absolute Gasteiger partial charge is 0.369 e. The monoisotopic (exact) mass is 345 g/mol. The van der Waals surface area contributed by atoms with Crippen LogP contribution >= 0.6 is 0 Å². The fraction of sp³-hybridized carbons (Fsp3) is 0.667. The molecule has 0 aliphatic carbocycles. The second-order valence-electron chi connectivity index (χ2n) is 7.97. The van der Waals surface area contributed by atoms with Crippen molar-refractivity contribution in [2.75, 3.05) is 31.1 Å². The predicted molar refractivity (Wildman–Crippen MR) is 106 cm³/mol. The quantitative estimate of drug-likeness (QED) is 0.814. The molecule has 0 bridgehead atoms. The Kier molecular flexibility index (Phi) is 6.88. The van der Waals surface area contributed by atoms with Crippen molar-refractivity contribution in [2.45, 2.75) is 65.5 Å². The normalized spacial score (nSPS) is 16.1. The first kappa shape index (κ1) is 19.8. The van der Waals surface area contributed by atoms with E-state index in [0.717, 1.165) is 25.2 Å². The number of carbonyl (C=O) groups excluding carboxylic acids is 1. The number of carbonyl (C=O) groups is 1. The van der Waals surface area contributed by atoms with Gasteiger partial charge < -0.3 is 10.2 Å². The van der Waals surface area contributed by atoms with Crippen molar-refractivity contribution in [1.29, 1.82) is 0 Å². The second-order valence-corrected chi connectivity index (χ2v) is 7.97. The van der Waals surface area contributed by atoms with Gasteiger partial charge in [0, 0.05) is 35.9 Å². The van der Waals surface area contributed by atoms with E-state index in [0.29, 0.717) is 12.6 Å². The summed E-state index contributed by atoms with van der Waals surface area (Å²) in [7, 11) is 0. The van der Waals surface area contributed by atoms with Crippen LogP contribution in [0.2, 0.25) is 0 Å². The summed E-state index contributed by atoms with van der Waals surface area (Å²) in [6.07, 6.45) is 3.86. The summed E-state index contributed by atoms with van der Waals surface area (Å²) in [4.78, 5) is 17.3. The third kappa shape index (κ3) is 5.21. The van der Waals surface area contributed by atoms with Gasteiger partial charge in [-0.25, -0.2) is 0 Å². The number of hydrogen-bond donors (Lipinski definition) is 1. The molecule has 0 radical (unpaired) electrons. The molecule has 0 aromatic heterocycles. The van der Waals surface area contributed by atoms with E-state index in [9.17, 15) is 4.79 Å². The minimum Gasteiger partial charge on any atom is -0.369 e. The summed E-state index contributed by atoms with van der Waals surface area (Å²) in [5.74, 6) is 0.0178. The fourth-order valence-electron chi connectivity index (χ4n) is 3.66. The van der Waals surface area contributed by atoms with Crippen molar-refractivity contribution in [2.24, 2.45) is 0 Å². The molecule has 0 atom stereocenters. The molecule has 1 saturated heterocycles. The lowest BCUT2D eigenvalue weighted by molar-refractivity contribution is 0.0797. The lowest BCUT2D eigenvalue weighted by Gasteiger charge is -2.41. The molecule has 2 rings (SSSR count). The number of likely N-dealkylation sites (tertiary alicyclic amines) is 1. The van der Waals surface area contributed by atoms with Gasteiger partial charge >= 0.3 is 0 Å². The van der Waals surface area contributed by atoms with Crippen LogP contribution in [-0.4, -0.2) is 48.6 Å². The van der Waals surface area contributed by atoms with Crippen LogP contribution in [0.25, 0.3) is 0 Å². The number of amides is 1. The highest BCUT2D eigenvalue weighted by Crippen LogP contribution is 2.21. The summed E-state index contributed by atoms with van der Waals surface area (Å²) in [6.45, 7) is 14.9. The summed E-state index contributed by atoms with van der Waals surface area (Å²) >= 11 is 0. The molecule has 0 saturated carbocycles. The molecule has 1 aliphatic heterocycles. The third-order valence-corrected chi connectivity index (χ3v) is 5.32. The Labute approximate surface area is 153 Å². The fourth-order valence-corrected chi connectivity index (χ4v) is 3.66. The van der Waals surface area contributed by atoms with E-state index in [1.54, 1.807) is 0 Å². The summed E-state index contributed by atoms with van der Waals surface area (Å²) in [6, 6.07) is 8.42. The SMILES string of the molecule is CCN(c1ccc(C(=O)NCC(C)(C)N2CCCCC2)cc1)C(C)C. The van der Waals surface area contributed by atoms with Crippen molar-refractivity contribution in [3.05, 3.63) is 29.8 Å². The Hall–Kier alpha value is -1.55. The zero-order chi connectivity index (χ0) is 18.4. The average Bonchev–Trinajstić information content (AvgIpc) is 2.61. The highest BCUT2D eigenvalue weighted by molar-refractivity contribution is 5.94. The number of rotatable bonds is 7. The average molecular weight is 346 g/mol. The molecule has 0 spiro atoms. The topological polar surface area (TPSA) is 35.6 Å². The molecule has 4 heteroatoms. The van der Waals surface area contributed by atoms with Crippen molar-refractivity contribution < 1.29 is 4.79 Å². The van der Waals surface area contributed by atoms with Gasteiger partial charge in [-0.3, -0.25) is 9.69 Å². The van der Waals surface area contributed by atoms with Crippen LogP contribution in [-0.2, 0) is 0 Å². The van der Waals surface area contributed by atoms with Crippen LogP contribution < -0.4 is 10.2 Å². The Morgan fingerprint density at radius 1 is 1.16 bits per heavy atom. The van der Waals surface area contributed by atoms with Gasteiger partial charge in [-0.1, -0.05) is 6.42 Å². The Morgan fingerprint density at radius 2 is 1.76 bits per heavy atom. The molecule has 1 heterocycles. The smallest absolute Gasteiger partial charge is 0.251 e. The maximum absolute atomic E-state index is 12.5. The molecule has 140 valence electrons. The Balaban J connectivity index is 1.94. The Morgan fingerprint density at radius 3 is 2.28 bits per heavy atom. The van der Waals surface area contributed by atoms with Crippen molar-refractivity contribution in [3.63, 3.8) is 0 Å². The summed E-state index contributed by atoms with van der Waals surface area (Å²) < 4.78 is 0. The number of hydrogen-bond acceptors (Lipinski definition) is 3. The maximum Gasteiger partial charge on any atom is 0.251 e. The molecule has 0 unspecified atom stereocenters. The first-order valence-electron chi connectivity index (χ1n) is 9.75. The van der Waals surface area contributed by atoms with E-state index in [4.69, 9.17) is 0 Å². The van der Waals surface area contributed by atoms with Crippen LogP contribution in [0.4, 0.5) is 5.69 Å². The van der Waals surface area contributed by atoms with E-state index in [1.807, 2.05) is 24.3 Å². The van der Waals surface area contributed by atoms with E-state index in [-0.39, 0.29) is 11.4 Å². The highest BCUT2D eigenvalue weighted by Gasteiger charge is 2.28. The van der Waals surface area contributed by atoms with Crippen LogP contribution in [0.3, 0.4) is 0 Å². The zero-order valence-electron chi connectivity index (χ0n) is 16.6. The standard InChI is InChI=1S/C21H35N3O/c1-6-24(17(2)3)19-12-10-18(11-13-19)20(25)22-16-21(4,5)23-14-8-7-9-15-23/h10-13,17H,6-9,14-16H2,1-5H3,(H,22,25). The first-order chi connectivity index (χ1) is 11.8. The summed E-state index contributed by atoms with van der Waals surface area (Å²) in [5.41, 5.74) is 1.91. The molecule has 25 heavy (non-hydrogen) atoms. The van der Waals surface area contributed by atoms with Gasteiger partial charge in [0.1, 0.15) is 0 Å². The van der Waals surface area contributed by atoms with Gasteiger partial charge in [0.2, 0.25) is 0 Å². The molecule has 1 aromatic carbocycles. The van der Waals surface area contributed by atoms with Crippen LogP contribution in [0, 0.1) is 0 Å². The van der Waals surface area contributed by atoms with E-state index in [1.165, 1.54) is 24.9 Å². The van der Waals surface area contributed by atoms with Gasteiger partial charge in [-0.05, 0) is 84.8 Å². The molecule has 4 nitrogen and oxygen atoms in total. The van der Waals surface area contributed by atoms with Crippen LogP contribution in [0.15, 0.2) is 24.3 Å². The molecular formula is C21H35N3O. The zero-order valence-corrected chi connectivity index (χ0v) is 16.6. The number of benzene rings is 1. The van der Waals surface area contributed by atoms with E-state index >= 15 is 0 Å². The van der Waals surface area contributed by atoms with Crippen molar-refractivity contribution in [1.82, 2.24) is 10.2 Å². The first-order valence-corrected chi connectivity index (χ1v) is 9.75. The van der Waals surface area contributed by atoms with Gasteiger partial charge in [0.15, 0.2) is 0 Å². The lowest BCUT2D eigenvalue weighted by atomic mass is 9.98. The van der Waals surface area contributed by atoms with Gasteiger partial charge in [-0.15, -0.1) is 0 Å². The minimum atomic E-state index is 0.00662. The number of nitrogens with one attached hydrogen (secondary N) is 1. The van der Waals surface area contributed by atoms with Crippen LogP contribution in [0.1, 0.15) is 64.2 Å². The van der Waals surface area contributed by atoms with E-state index in [2.05, 4.69) is 49.7 Å². The minimum absolute atomic E-state index is 0.00662. The lowest BCUT2D eigenvalue weighted by Crippen LogP contribution is -2.53. The van der Waals surface area contributed by atoms with Gasteiger partial charge in [0.25, 0.3) is 5.91 Å². The van der Waals surface area contributed by atoms with Crippen LogP contribution in [0.5, 0.6) is 0 Å². The summed E-state index contributed by atoms with van der Waals surface area (Å²) in [5, 5.41) is 3.13. The third-order valence-electron chi connectivity index (χ3n) is 5.32. The highest BCUT2D eigenvalue weighted by atomic mass is 16.1. The predicted octanol–water partition coefficient (Wildman–Crippen LogP) is 3.92. The van der Waals surface area contributed by atoms with Crippen molar-refractivity contribution in [3.8, 4) is 0 Å². The number of nitrogens with zero attached hydrogens (tertiary/aromatic N) is 2. The second kappa shape index (κ2) is 8.70. The van der Waals surface area contributed by atoms with E-state index < -0.39 is 0 Å². The number of piperidine rings is 1. The number of anilines is 1. The van der Waals surface area contributed by atoms with Gasteiger partial charge in [0.05, 0.1) is 0 Å². The molecule has 1 fully saturated rings. The van der Waals surface area contributed by atoms with Crippen molar-refractivity contribution >= 4 is 11.6 Å². The molecule has 1 aromatic rings. The molecule has 1 aliphatic rings.